The Bertz CT molecular complexity index is 1270. The second-order valence-electron chi connectivity index (χ2n) is 8.34. The minimum atomic E-state index is -0.727. The number of imidazole rings is 1. The van der Waals surface area contributed by atoms with E-state index in [2.05, 4.69) is 68.0 Å². The van der Waals surface area contributed by atoms with E-state index in [1.165, 1.54) is 5.56 Å². The molecular formula is C26H25N5O2. The van der Waals surface area contributed by atoms with Gasteiger partial charge in [0.05, 0.1) is 6.61 Å². The Labute approximate surface area is 192 Å². The Morgan fingerprint density at radius 3 is 2.48 bits per heavy atom. The maximum absolute atomic E-state index is 9.85. The highest BCUT2D eigenvalue weighted by molar-refractivity contribution is 5.64. The molecule has 0 spiro atoms. The first-order valence-corrected chi connectivity index (χ1v) is 11.0. The Kier molecular flexibility index (Phi) is 5.78. The molecule has 0 unspecified atom stereocenters. The Hall–Kier alpha value is -3.73. The number of aliphatic hydroxyl groups excluding tert-OH is 2. The van der Waals surface area contributed by atoms with Gasteiger partial charge in [-0.3, -0.25) is 0 Å². The normalized spacial score (nSPS) is 16.6. The van der Waals surface area contributed by atoms with Crippen molar-refractivity contribution in [3.63, 3.8) is 0 Å². The molecule has 0 radical (unpaired) electrons. The standard InChI is InChI=1S/C26H25N5O2/c1-18(33)26-27-12-13-31(26)24(16-32)11-4-19-2-5-20(6-3-19)21-7-9-22(10-8-21)23-14-25-29-28-17-30(25)15-23/h2-3,5-10,12-13,17-18,23-24,32-33H,14-16H2,1H3/t18-,23+,24-/m0/s1. The molecule has 2 aromatic heterocycles. The van der Waals surface area contributed by atoms with Crippen LogP contribution in [0.3, 0.4) is 0 Å². The van der Waals surface area contributed by atoms with Gasteiger partial charge in [0.15, 0.2) is 0 Å². The lowest BCUT2D eigenvalue weighted by atomic mass is 9.95. The van der Waals surface area contributed by atoms with E-state index in [1.807, 2.05) is 12.1 Å². The highest BCUT2D eigenvalue weighted by atomic mass is 16.3. The monoisotopic (exact) mass is 439 g/mol. The lowest BCUT2D eigenvalue weighted by Gasteiger charge is -2.14. The molecule has 7 nitrogen and oxygen atoms in total. The fourth-order valence-electron chi connectivity index (χ4n) is 4.31. The van der Waals surface area contributed by atoms with Crippen LogP contribution in [-0.2, 0) is 13.0 Å². The Morgan fingerprint density at radius 1 is 1.09 bits per heavy atom. The van der Waals surface area contributed by atoms with E-state index in [-0.39, 0.29) is 6.61 Å². The fraction of sp³-hybridized carbons (Fsp3) is 0.269. The quantitative estimate of drug-likeness (QED) is 0.467. The predicted octanol–water partition coefficient (Wildman–Crippen LogP) is 3.12. The summed E-state index contributed by atoms with van der Waals surface area (Å²) >= 11 is 0. The third kappa shape index (κ3) is 4.31. The van der Waals surface area contributed by atoms with Gasteiger partial charge >= 0.3 is 0 Å². The first kappa shape index (κ1) is 21.1. The maximum Gasteiger partial charge on any atom is 0.138 e. The van der Waals surface area contributed by atoms with Crippen LogP contribution in [0, 0.1) is 11.8 Å². The highest BCUT2D eigenvalue weighted by Gasteiger charge is 2.24. The molecule has 2 aromatic carbocycles. The van der Waals surface area contributed by atoms with E-state index >= 15 is 0 Å². The molecule has 4 aromatic rings. The lowest BCUT2D eigenvalue weighted by Crippen LogP contribution is -2.15. The smallest absolute Gasteiger partial charge is 0.138 e. The molecule has 5 rings (SSSR count). The maximum atomic E-state index is 9.85. The molecule has 166 valence electrons. The second kappa shape index (κ2) is 9.02. The van der Waals surface area contributed by atoms with Gasteiger partial charge in [0.25, 0.3) is 0 Å². The molecular weight excluding hydrogens is 414 g/mol. The van der Waals surface area contributed by atoms with Crippen LogP contribution >= 0.6 is 0 Å². The molecule has 2 N–H and O–H groups in total. The molecule has 0 fully saturated rings. The molecule has 0 aliphatic carbocycles. The van der Waals surface area contributed by atoms with Crippen LogP contribution in [0.15, 0.2) is 67.3 Å². The van der Waals surface area contributed by atoms with Gasteiger partial charge in [-0.05, 0) is 35.7 Å². The van der Waals surface area contributed by atoms with Crippen molar-refractivity contribution in [3.05, 3.63) is 90.0 Å². The van der Waals surface area contributed by atoms with Crippen molar-refractivity contribution in [3.8, 4) is 23.0 Å². The van der Waals surface area contributed by atoms with Crippen molar-refractivity contribution in [1.29, 1.82) is 0 Å². The summed E-state index contributed by atoms with van der Waals surface area (Å²) in [6.45, 7) is 2.42. The van der Waals surface area contributed by atoms with Gasteiger partial charge in [-0.15, -0.1) is 10.2 Å². The molecule has 0 saturated heterocycles. The van der Waals surface area contributed by atoms with E-state index in [1.54, 1.807) is 30.2 Å². The number of aromatic nitrogens is 5. The summed E-state index contributed by atoms with van der Waals surface area (Å²) < 4.78 is 3.83. The number of rotatable bonds is 5. The molecule has 1 aliphatic rings. The topological polar surface area (TPSA) is 89.0 Å². The van der Waals surface area contributed by atoms with E-state index in [0.29, 0.717) is 11.7 Å². The summed E-state index contributed by atoms with van der Waals surface area (Å²) in [4.78, 5) is 4.15. The number of hydrogen-bond acceptors (Lipinski definition) is 5. The van der Waals surface area contributed by atoms with Crippen molar-refractivity contribution in [2.75, 3.05) is 6.61 Å². The predicted molar refractivity (Wildman–Crippen MR) is 124 cm³/mol. The number of hydrogen-bond donors (Lipinski definition) is 2. The number of aliphatic hydroxyl groups is 2. The first-order valence-electron chi connectivity index (χ1n) is 11.0. The third-order valence-corrected chi connectivity index (χ3v) is 6.11. The Balaban J connectivity index is 1.28. The average Bonchev–Trinajstić information content (AvgIpc) is 3.57. The zero-order valence-electron chi connectivity index (χ0n) is 18.3. The summed E-state index contributed by atoms with van der Waals surface area (Å²) in [5.74, 6) is 8.21. The minimum Gasteiger partial charge on any atom is -0.393 e. The van der Waals surface area contributed by atoms with Crippen molar-refractivity contribution in [2.24, 2.45) is 0 Å². The van der Waals surface area contributed by atoms with E-state index in [4.69, 9.17) is 0 Å². The van der Waals surface area contributed by atoms with Crippen LogP contribution < -0.4 is 0 Å². The highest BCUT2D eigenvalue weighted by Crippen LogP contribution is 2.30. The lowest BCUT2D eigenvalue weighted by molar-refractivity contribution is 0.176. The number of nitrogens with zero attached hydrogens (tertiary/aromatic N) is 5. The Morgan fingerprint density at radius 2 is 1.82 bits per heavy atom. The van der Waals surface area contributed by atoms with Crippen molar-refractivity contribution in [2.45, 2.75) is 38.0 Å². The van der Waals surface area contributed by atoms with Gasteiger partial charge in [0.1, 0.15) is 30.1 Å². The molecule has 1 aliphatic heterocycles. The van der Waals surface area contributed by atoms with E-state index < -0.39 is 12.1 Å². The van der Waals surface area contributed by atoms with E-state index in [9.17, 15) is 10.2 Å². The molecule has 3 atom stereocenters. The third-order valence-electron chi connectivity index (χ3n) is 6.11. The van der Waals surface area contributed by atoms with Gasteiger partial charge in [0, 0.05) is 36.8 Å². The second-order valence-corrected chi connectivity index (χ2v) is 8.34. The van der Waals surface area contributed by atoms with Gasteiger partial charge in [-0.25, -0.2) is 4.98 Å². The van der Waals surface area contributed by atoms with Gasteiger partial charge in [-0.2, -0.15) is 0 Å². The molecule has 0 bridgehead atoms. The first-order chi connectivity index (χ1) is 16.1. The summed E-state index contributed by atoms with van der Waals surface area (Å²) in [7, 11) is 0. The van der Waals surface area contributed by atoms with Crippen molar-refractivity contribution in [1.82, 2.24) is 24.3 Å². The average molecular weight is 440 g/mol. The van der Waals surface area contributed by atoms with Gasteiger partial charge in [-0.1, -0.05) is 48.2 Å². The van der Waals surface area contributed by atoms with Gasteiger partial charge in [0.2, 0.25) is 0 Å². The van der Waals surface area contributed by atoms with Crippen molar-refractivity contribution < 1.29 is 10.2 Å². The van der Waals surface area contributed by atoms with Crippen LogP contribution in [0.1, 0.15) is 47.8 Å². The van der Waals surface area contributed by atoms with E-state index in [0.717, 1.165) is 35.5 Å². The molecule has 0 amide bonds. The molecule has 33 heavy (non-hydrogen) atoms. The minimum absolute atomic E-state index is 0.160. The van der Waals surface area contributed by atoms with Crippen LogP contribution in [-0.4, -0.2) is 41.1 Å². The molecule has 7 heteroatoms. The number of fused-ring (bicyclic) bond motifs is 1. The number of benzene rings is 2. The van der Waals surface area contributed by atoms with Crippen molar-refractivity contribution >= 4 is 0 Å². The van der Waals surface area contributed by atoms with Gasteiger partial charge < -0.3 is 19.3 Å². The largest absolute Gasteiger partial charge is 0.393 e. The van der Waals surface area contributed by atoms with Crippen LogP contribution in [0.4, 0.5) is 0 Å². The van der Waals surface area contributed by atoms with Crippen LogP contribution in [0.5, 0.6) is 0 Å². The molecule has 3 heterocycles. The zero-order valence-corrected chi connectivity index (χ0v) is 18.3. The fourth-order valence-corrected chi connectivity index (χ4v) is 4.31. The van der Waals surface area contributed by atoms with Crippen LogP contribution in [0.25, 0.3) is 11.1 Å². The summed E-state index contributed by atoms with van der Waals surface area (Å²) in [5, 5.41) is 27.8. The summed E-state index contributed by atoms with van der Waals surface area (Å²) in [5.41, 5.74) is 4.46. The zero-order chi connectivity index (χ0) is 22.8. The summed E-state index contributed by atoms with van der Waals surface area (Å²) in [6, 6.07) is 16.3. The summed E-state index contributed by atoms with van der Waals surface area (Å²) in [6.07, 6.45) is 5.33. The molecule has 0 saturated carbocycles. The SMILES string of the molecule is C[C@H](O)c1nccn1[C@@H](C#Cc1ccc(-c2ccc([C@@H]3Cc4nncn4C3)cc2)cc1)CO. The van der Waals surface area contributed by atoms with Crippen LogP contribution in [0.2, 0.25) is 0 Å².